The zero-order chi connectivity index (χ0) is 14.1. The van der Waals surface area contributed by atoms with E-state index in [0.717, 1.165) is 24.3 Å². The van der Waals surface area contributed by atoms with E-state index < -0.39 is 6.09 Å². The highest BCUT2D eigenvalue weighted by molar-refractivity contribution is 5.82. The fraction of sp³-hybridized carbons (Fsp3) is 0.438. The summed E-state index contributed by atoms with van der Waals surface area (Å²) < 4.78 is 0. The lowest BCUT2D eigenvalue weighted by Crippen LogP contribution is -2.06. The molecule has 0 heterocycles. The Morgan fingerprint density at radius 2 is 1.95 bits per heavy atom. The van der Waals surface area contributed by atoms with Crippen LogP contribution in [0.3, 0.4) is 0 Å². The molecular weight excluding hydrogens is 238 g/mol. The first-order valence-corrected chi connectivity index (χ1v) is 6.67. The minimum Gasteiger partial charge on any atom is -0.465 e. The Kier molecular flexibility index (Phi) is 6.52. The quantitative estimate of drug-likeness (QED) is 0.610. The van der Waals surface area contributed by atoms with Crippen molar-refractivity contribution in [3.05, 3.63) is 29.8 Å². The fourth-order valence-electron chi connectivity index (χ4n) is 1.69. The number of hydrogen-bond acceptors (Lipinski definition) is 1. The number of rotatable bonds is 5. The molecule has 0 saturated heterocycles. The summed E-state index contributed by atoms with van der Waals surface area (Å²) in [5.74, 6) is 7.00. The number of hydrogen-bond donors (Lipinski definition) is 2. The van der Waals surface area contributed by atoms with Crippen LogP contribution in [0.5, 0.6) is 0 Å². The second-order valence-electron chi connectivity index (χ2n) is 4.95. The fourth-order valence-corrected chi connectivity index (χ4v) is 1.69. The van der Waals surface area contributed by atoms with Gasteiger partial charge in [-0.25, -0.2) is 4.79 Å². The van der Waals surface area contributed by atoms with Crippen molar-refractivity contribution in [1.82, 2.24) is 0 Å². The van der Waals surface area contributed by atoms with E-state index in [0.29, 0.717) is 5.69 Å². The molecule has 0 aliphatic heterocycles. The van der Waals surface area contributed by atoms with Crippen molar-refractivity contribution in [1.29, 1.82) is 0 Å². The number of nitrogens with one attached hydrogen (secondary N) is 1. The summed E-state index contributed by atoms with van der Waals surface area (Å²) in [5, 5.41) is 10.9. The molecular formula is C16H21NO2. The van der Waals surface area contributed by atoms with E-state index in [2.05, 4.69) is 31.0 Å². The third-order valence-electron chi connectivity index (χ3n) is 2.70. The average molecular weight is 259 g/mol. The smallest absolute Gasteiger partial charge is 0.409 e. The molecule has 0 bridgehead atoms. The van der Waals surface area contributed by atoms with Crippen LogP contribution in [-0.2, 0) is 0 Å². The van der Waals surface area contributed by atoms with Crippen LogP contribution in [-0.4, -0.2) is 11.2 Å². The number of unbranched alkanes of at least 4 members (excludes halogenated alkanes) is 2. The minimum absolute atomic E-state index is 0.565. The molecule has 0 atom stereocenters. The summed E-state index contributed by atoms with van der Waals surface area (Å²) in [6.07, 6.45) is 3.50. The average Bonchev–Trinajstić information content (AvgIpc) is 2.34. The van der Waals surface area contributed by atoms with Crippen LogP contribution in [0, 0.1) is 17.8 Å². The molecule has 102 valence electrons. The van der Waals surface area contributed by atoms with Crippen molar-refractivity contribution in [2.45, 2.75) is 39.5 Å². The SMILES string of the molecule is CC(C)CCCCC#Cc1ccc(NC(=O)O)cc1. The summed E-state index contributed by atoms with van der Waals surface area (Å²) in [6, 6.07) is 7.09. The molecule has 0 aromatic heterocycles. The third-order valence-corrected chi connectivity index (χ3v) is 2.70. The van der Waals surface area contributed by atoms with Crippen LogP contribution in [0.1, 0.15) is 45.1 Å². The van der Waals surface area contributed by atoms with Crippen molar-refractivity contribution >= 4 is 11.8 Å². The van der Waals surface area contributed by atoms with Gasteiger partial charge in [0.25, 0.3) is 0 Å². The van der Waals surface area contributed by atoms with Gasteiger partial charge < -0.3 is 5.11 Å². The first kappa shape index (κ1) is 15.1. The summed E-state index contributed by atoms with van der Waals surface area (Å²) in [6.45, 7) is 4.47. The van der Waals surface area contributed by atoms with Gasteiger partial charge in [0, 0.05) is 17.7 Å². The second kappa shape index (κ2) is 8.20. The van der Waals surface area contributed by atoms with Crippen LogP contribution in [0.4, 0.5) is 10.5 Å². The molecule has 1 aromatic rings. The van der Waals surface area contributed by atoms with Crippen molar-refractivity contribution in [2.24, 2.45) is 5.92 Å². The van der Waals surface area contributed by atoms with Crippen LogP contribution in [0.2, 0.25) is 0 Å². The van der Waals surface area contributed by atoms with Crippen LogP contribution in [0.25, 0.3) is 0 Å². The predicted octanol–water partition coefficient (Wildman–Crippen LogP) is 4.34. The maximum absolute atomic E-state index is 10.4. The van der Waals surface area contributed by atoms with Crippen LogP contribution >= 0.6 is 0 Å². The normalized spacial score (nSPS) is 9.84. The predicted molar refractivity (Wildman–Crippen MR) is 78.3 cm³/mol. The van der Waals surface area contributed by atoms with E-state index in [1.165, 1.54) is 12.8 Å². The molecule has 1 amide bonds. The minimum atomic E-state index is -1.05. The number of benzene rings is 1. The Morgan fingerprint density at radius 3 is 2.53 bits per heavy atom. The second-order valence-corrected chi connectivity index (χ2v) is 4.95. The Labute approximate surface area is 115 Å². The molecule has 2 N–H and O–H groups in total. The van der Waals surface area contributed by atoms with E-state index in [1.807, 2.05) is 12.1 Å². The van der Waals surface area contributed by atoms with Gasteiger partial charge in [0.1, 0.15) is 0 Å². The standard InChI is InChI=1S/C16H21NO2/c1-13(2)7-5-3-4-6-8-14-9-11-15(12-10-14)17-16(18)19/h9-13,17H,3-5,7H2,1-2H3,(H,18,19). The molecule has 0 saturated carbocycles. The molecule has 19 heavy (non-hydrogen) atoms. The Balaban J connectivity index is 2.35. The maximum Gasteiger partial charge on any atom is 0.409 e. The molecule has 0 fully saturated rings. The highest BCUT2D eigenvalue weighted by Crippen LogP contribution is 2.09. The van der Waals surface area contributed by atoms with E-state index in [9.17, 15) is 4.79 Å². The zero-order valence-electron chi connectivity index (χ0n) is 11.6. The lowest BCUT2D eigenvalue weighted by Gasteiger charge is -2.01. The van der Waals surface area contributed by atoms with Gasteiger partial charge in [0.2, 0.25) is 0 Å². The molecule has 0 aliphatic carbocycles. The molecule has 3 nitrogen and oxygen atoms in total. The van der Waals surface area contributed by atoms with Gasteiger partial charge in [-0.2, -0.15) is 0 Å². The van der Waals surface area contributed by atoms with Gasteiger partial charge >= 0.3 is 6.09 Å². The van der Waals surface area contributed by atoms with Gasteiger partial charge in [-0.3, -0.25) is 5.32 Å². The van der Waals surface area contributed by atoms with Crippen molar-refractivity contribution < 1.29 is 9.90 Å². The van der Waals surface area contributed by atoms with Gasteiger partial charge in [0.05, 0.1) is 0 Å². The van der Waals surface area contributed by atoms with Gasteiger partial charge in [-0.15, -0.1) is 0 Å². The molecule has 0 aliphatic rings. The van der Waals surface area contributed by atoms with Crippen LogP contribution < -0.4 is 5.32 Å². The Bertz CT molecular complexity index is 452. The molecule has 1 aromatic carbocycles. The third kappa shape index (κ3) is 7.15. The molecule has 3 heteroatoms. The van der Waals surface area contributed by atoms with E-state index in [4.69, 9.17) is 5.11 Å². The van der Waals surface area contributed by atoms with E-state index in [-0.39, 0.29) is 0 Å². The molecule has 0 spiro atoms. The highest BCUT2D eigenvalue weighted by Gasteiger charge is 1.96. The van der Waals surface area contributed by atoms with E-state index >= 15 is 0 Å². The largest absolute Gasteiger partial charge is 0.465 e. The van der Waals surface area contributed by atoms with Crippen LogP contribution in [0.15, 0.2) is 24.3 Å². The number of amides is 1. The monoisotopic (exact) mass is 259 g/mol. The summed E-state index contributed by atoms with van der Waals surface area (Å²) in [7, 11) is 0. The first-order valence-electron chi connectivity index (χ1n) is 6.67. The topological polar surface area (TPSA) is 49.3 Å². The summed E-state index contributed by atoms with van der Waals surface area (Å²) in [5.41, 5.74) is 1.48. The Hall–Kier alpha value is -1.95. The van der Waals surface area contributed by atoms with Gasteiger partial charge in [0.15, 0.2) is 0 Å². The zero-order valence-corrected chi connectivity index (χ0v) is 11.6. The van der Waals surface area contributed by atoms with Gasteiger partial charge in [-0.05, 0) is 36.6 Å². The van der Waals surface area contributed by atoms with Crippen molar-refractivity contribution in [3.8, 4) is 11.8 Å². The maximum atomic E-state index is 10.4. The number of carbonyl (C=O) groups is 1. The number of anilines is 1. The molecule has 0 radical (unpaired) electrons. The van der Waals surface area contributed by atoms with Gasteiger partial charge in [-0.1, -0.05) is 38.5 Å². The molecule has 1 rings (SSSR count). The highest BCUT2D eigenvalue weighted by atomic mass is 16.4. The Morgan fingerprint density at radius 1 is 1.26 bits per heavy atom. The lowest BCUT2D eigenvalue weighted by molar-refractivity contribution is 0.210. The van der Waals surface area contributed by atoms with Crippen molar-refractivity contribution in [3.63, 3.8) is 0 Å². The summed E-state index contributed by atoms with van der Waals surface area (Å²) in [4.78, 5) is 10.4. The van der Waals surface area contributed by atoms with E-state index in [1.54, 1.807) is 12.1 Å². The van der Waals surface area contributed by atoms with Crippen molar-refractivity contribution in [2.75, 3.05) is 5.32 Å². The summed E-state index contributed by atoms with van der Waals surface area (Å²) >= 11 is 0. The number of carboxylic acid groups (broad SMARTS) is 1. The lowest BCUT2D eigenvalue weighted by atomic mass is 10.1. The first-order chi connectivity index (χ1) is 9.08. The molecule has 0 unspecified atom stereocenters.